The van der Waals surface area contributed by atoms with Gasteiger partial charge in [0.2, 0.25) is 10.0 Å². The van der Waals surface area contributed by atoms with Crippen molar-refractivity contribution in [3.05, 3.63) is 12.7 Å². The number of carbonyl (C=O) groups excluding carboxylic acids is 1. The summed E-state index contributed by atoms with van der Waals surface area (Å²) in [5.41, 5.74) is -0.400. The number of rotatable bonds is 3. The van der Waals surface area contributed by atoms with Crippen LogP contribution in [0.4, 0.5) is 0 Å². The zero-order chi connectivity index (χ0) is 15.6. The molecule has 2 bridgehead atoms. The lowest BCUT2D eigenvalue weighted by Gasteiger charge is -2.37. The number of amides is 1. The number of nitrogens with zero attached hydrogens (tertiary/aromatic N) is 1. The summed E-state index contributed by atoms with van der Waals surface area (Å²) in [6.07, 6.45) is 2.84. The molecule has 4 atom stereocenters. The van der Waals surface area contributed by atoms with Crippen molar-refractivity contribution < 1.29 is 18.3 Å². The van der Waals surface area contributed by atoms with Crippen LogP contribution in [-0.4, -0.2) is 41.6 Å². The molecule has 2 aliphatic carbocycles. The Morgan fingerprint density at radius 3 is 2.76 bits per heavy atom. The summed E-state index contributed by atoms with van der Waals surface area (Å²) in [6.45, 7) is 7.76. The Morgan fingerprint density at radius 2 is 2.19 bits per heavy atom. The molecule has 1 heterocycles. The molecule has 0 aromatic carbocycles. The van der Waals surface area contributed by atoms with Gasteiger partial charge in [0.25, 0.3) is 5.91 Å². The minimum Gasteiger partial charge on any atom is -0.383 e. The molecule has 1 N–H and O–H groups in total. The van der Waals surface area contributed by atoms with Gasteiger partial charge in [0, 0.05) is 11.8 Å². The molecule has 0 aromatic rings. The quantitative estimate of drug-likeness (QED) is 0.797. The lowest BCUT2D eigenvalue weighted by atomic mass is 9.69. The summed E-state index contributed by atoms with van der Waals surface area (Å²) in [5.74, 6) is -0.175. The molecular weight excluding hydrogens is 290 g/mol. The van der Waals surface area contributed by atoms with Crippen LogP contribution in [0, 0.1) is 16.7 Å². The standard InChI is InChI=1S/C15H23NO4S/c1-4-5-11(17)13(18)16-12-8-10-6-7-15(12,14(10,2)3)9-21(16,19)20/h4,10-12,17H,1,5-9H2,2-3H3/t10?,11-,12+,15?/m0/s1. The molecule has 0 aromatic heterocycles. The summed E-state index contributed by atoms with van der Waals surface area (Å²) in [5, 5.41) is 9.90. The molecule has 2 saturated carbocycles. The van der Waals surface area contributed by atoms with Gasteiger partial charge in [0.05, 0.1) is 11.8 Å². The van der Waals surface area contributed by atoms with Crippen LogP contribution in [0.5, 0.6) is 0 Å². The molecular formula is C15H23NO4S. The van der Waals surface area contributed by atoms with Gasteiger partial charge in [-0.05, 0) is 30.6 Å². The van der Waals surface area contributed by atoms with E-state index >= 15 is 0 Å². The summed E-state index contributed by atoms with van der Waals surface area (Å²) in [4.78, 5) is 12.4. The molecule has 3 rings (SSSR count). The normalized spacial score (nSPS) is 40.0. The monoisotopic (exact) mass is 313 g/mol. The van der Waals surface area contributed by atoms with E-state index in [2.05, 4.69) is 20.4 Å². The Morgan fingerprint density at radius 1 is 1.52 bits per heavy atom. The fourth-order valence-corrected chi connectivity index (χ4v) is 7.55. The number of aliphatic hydroxyl groups excluding tert-OH is 1. The van der Waals surface area contributed by atoms with Gasteiger partial charge >= 0.3 is 0 Å². The number of carbonyl (C=O) groups is 1. The second kappa shape index (κ2) is 4.32. The molecule has 6 heteroatoms. The largest absolute Gasteiger partial charge is 0.383 e. The summed E-state index contributed by atoms with van der Waals surface area (Å²) < 4.78 is 26.1. The second-order valence-electron chi connectivity index (χ2n) is 7.30. The second-order valence-corrected chi connectivity index (χ2v) is 9.14. The van der Waals surface area contributed by atoms with Crippen LogP contribution in [0.25, 0.3) is 0 Å². The molecule has 1 aliphatic heterocycles. The first-order chi connectivity index (χ1) is 9.67. The van der Waals surface area contributed by atoms with E-state index in [1.807, 2.05) is 0 Å². The molecule has 1 saturated heterocycles. The SMILES string of the molecule is C=CC[C@H](O)C(=O)N1[C@@H]2CC3CCC2(CS1(=O)=O)C3(C)C. The Hall–Kier alpha value is -0.880. The van der Waals surface area contributed by atoms with Crippen LogP contribution >= 0.6 is 0 Å². The van der Waals surface area contributed by atoms with Crippen LogP contribution in [0.3, 0.4) is 0 Å². The van der Waals surface area contributed by atoms with Crippen molar-refractivity contribution >= 4 is 15.9 Å². The Balaban J connectivity index is 2.00. The van der Waals surface area contributed by atoms with Gasteiger partial charge < -0.3 is 5.11 Å². The Bertz CT molecular complexity index is 597. The van der Waals surface area contributed by atoms with Crippen molar-refractivity contribution in [3.63, 3.8) is 0 Å². The Kier molecular flexibility index (Phi) is 3.09. The van der Waals surface area contributed by atoms with Gasteiger partial charge in [-0.1, -0.05) is 19.9 Å². The van der Waals surface area contributed by atoms with E-state index in [4.69, 9.17) is 0 Å². The number of aliphatic hydroxyl groups is 1. The van der Waals surface area contributed by atoms with Crippen molar-refractivity contribution in [2.24, 2.45) is 16.7 Å². The van der Waals surface area contributed by atoms with E-state index in [1.54, 1.807) is 0 Å². The molecule has 0 radical (unpaired) electrons. The highest BCUT2D eigenvalue weighted by molar-refractivity contribution is 7.90. The minimum absolute atomic E-state index is 0.0424. The van der Waals surface area contributed by atoms with Crippen molar-refractivity contribution in [1.29, 1.82) is 0 Å². The van der Waals surface area contributed by atoms with E-state index < -0.39 is 22.0 Å². The maximum atomic E-state index is 12.6. The first-order valence-electron chi connectivity index (χ1n) is 7.52. The van der Waals surface area contributed by atoms with Crippen LogP contribution in [0.2, 0.25) is 0 Å². The Labute approximate surface area is 126 Å². The number of hydrogen-bond acceptors (Lipinski definition) is 4. The molecule has 1 amide bonds. The average molecular weight is 313 g/mol. The number of sulfonamides is 1. The van der Waals surface area contributed by atoms with Gasteiger partial charge in [0.15, 0.2) is 0 Å². The van der Waals surface area contributed by atoms with E-state index in [0.717, 1.165) is 23.6 Å². The molecule has 3 fully saturated rings. The highest BCUT2D eigenvalue weighted by atomic mass is 32.2. The highest BCUT2D eigenvalue weighted by Crippen LogP contribution is 2.69. The molecule has 3 aliphatic rings. The summed E-state index contributed by atoms with van der Waals surface area (Å²) in [6, 6.07) is -0.275. The third kappa shape index (κ3) is 1.72. The zero-order valence-electron chi connectivity index (χ0n) is 12.6. The molecule has 2 unspecified atom stereocenters. The van der Waals surface area contributed by atoms with Crippen molar-refractivity contribution in [1.82, 2.24) is 4.31 Å². The first-order valence-corrected chi connectivity index (χ1v) is 9.13. The lowest BCUT2D eigenvalue weighted by molar-refractivity contribution is -0.137. The summed E-state index contributed by atoms with van der Waals surface area (Å²) in [7, 11) is -3.63. The summed E-state index contributed by atoms with van der Waals surface area (Å²) >= 11 is 0. The maximum Gasteiger partial charge on any atom is 0.265 e. The van der Waals surface area contributed by atoms with Crippen molar-refractivity contribution in [2.75, 3.05) is 5.75 Å². The highest BCUT2D eigenvalue weighted by Gasteiger charge is 2.72. The van der Waals surface area contributed by atoms with Crippen LogP contribution in [-0.2, 0) is 14.8 Å². The van der Waals surface area contributed by atoms with Gasteiger partial charge in [-0.3, -0.25) is 4.79 Å². The smallest absolute Gasteiger partial charge is 0.265 e. The van der Waals surface area contributed by atoms with E-state index in [1.165, 1.54) is 6.08 Å². The van der Waals surface area contributed by atoms with Crippen LogP contribution in [0.15, 0.2) is 12.7 Å². The first kappa shape index (κ1) is 15.0. The van der Waals surface area contributed by atoms with Crippen molar-refractivity contribution in [3.8, 4) is 0 Å². The van der Waals surface area contributed by atoms with Crippen LogP contribution in [0.1, 0.15) is 39.5 Å². The lowest BCUT2D eigenvalue weighted by Crippen LogP contribution is -2.47. The van der Waals surface area contributed by atoms with Gasteiger partial charge in [-0.2, -0.15) is 0 Å². The van der Waals surface area contributed by atoms with Gasteiger partial charge in [-0.25, -0.2) is 12.7 Å². The fraction of sp³-hybridized carbons (Fsp3) is 0.800. The van der Waals surface area contributed by atoms with E-state index in [0.29, 0.717) is 5.92 Å². The molecule has 118 valence electrons. The molecule has 21 heavy (non-hydrogen) atoms. The fourth-order valence-electron chi connectivity index (χ4n) is 4.98. The third-order valence-electron chi connectivity index (χ3n) is 6.30. The molecule has 5 nitrogen and oxygen atoms in total. The predicted octanol–water partition coefficient (Wildman–Crippen LogP) is 1.29. The topological polar surface area (TPSA) is 74.7 Å². The predicted molar refractivity (Wildman–Crippen MR) is 78.8 cm³/mol. The maximum absolute atomic E-state index is 12.6. The number of hydrogen-bond donors (Lipinski definition) is 1. The van der Waals surface area contributed by atoms with Gasteiger partial charge in [0.1, 0.15) is 6.10 Å². The minimum atomic E-state index is -3.63. The van der Waals surface area contributed by atoms with Crippen LogP contribution < -0.4 is 0 Å². The molecule has 1 spiro atoms. The third-order valence-corrected chi connectivity index (χ3v) is 8.22. The van der Waals surface area contributed by atoms with Gasteiger partial charge in [-0.15, -0.1) is 6.58 Å². The zero-order valence-corrected chi connectivity index (χ0v) is 13.4. The van der Waals surface area contributed by atoms with Crippen molar-refractivity contribution in [2.45, 2.75) is 51.7 Å². The van der Waals surface area contributed by atoms with E-state index in [9.17, 15) is 18.3 Å². The van der Waals surface area contributed by atoms with E-state index in [-0.39, 0.29) is 29.0 Å². The number of fused-ring (bicyclic) bond motifs is 1. The average Bonchev–Trinajstić information content (AvgIpc) is 2.85.